The van der Waals surface area contributed by atoms with Crippen LogP contribution in [0.2, 0.25) is 0 Å². The highest BCUT2D eigenvalue weighted by Crippen LogP contribution is 2.33. The third-order valence-corrected chi connectivity index (χ3v) is 4.04. The first-order chi connectivity index (χ1) is 11.6. The summed E-state index contributed by atoms with van der Waals surface area (Å²) in [5.41, 5.74) is 3.11. The second-order valence-corrected chi connectivity index (χ2v) is 5.97. The maximum absolute atomic E-state index is 13.2. The highest BCUT2D eigenvalue weighted by molar-refractivity contribution is 5.77. The van der Waals surface area contributed by atoms with Crippen LogP contribution in [0.4, 0.5) is 4.39 Å². The molecule has 0 aliphatic carbocycles. The Morgan fingerprint density at radius 1 is 1.04 bits per heavy atom. The van der Waals surface area contributed by atoms with Crippen LogP contribution in [0.25, 0.3) is 22.5 Å². The minimum Gasteiger partial charge on any atom is -0.394 e. The second-order valence-electron chi connectivity index (χ2n) is 5.97. The Hall–Kier alpha value is -2.60. The molecule has 3 rings (SSSR count). The molecular weight excluding hydrogens is 307 g/mol. The molecule has 0 saturated carbocycles. The number of aliphatic hydroxyl groups is 1. The van der Waals surface area contributed by atoms with Crippen LogP contribution in [0.5, 0.6) is 0 Å². The van der Waals surface area contributed by atoms with Crippen molar-refractivity contribution in [1.29, 1.82) is 0 Å². The number of rotatable bonds is 5. The molecule has 2 heterocycles. The third kappa shape index (κ3) is 3.05. The Bertz CT molecular complexity index is 800. The Kier molecular flexibility index (Phi) is 4.66. The normalized spacial score (nSPS) is 12.5. The molecule has 0 radical (unpaired) electrons. The molecule has 0 aliphatic heterocycles. The zero-order valence-corrected chi connectivity index (χ0v) is 13.6. The highest BCUT2D eigenvalue weighted by atomic mass is 19.1. The van der Waals surface area contributed by atoms with Crippen LogP contribution < -0.4 is 0 Å². The van der Waals surface area contributed by atoms with E-state index in [-0.39, 0.29) is 24.4 Å². The molecule has 0 bridgehead atoms. The maximum Gasteiger partial charge on any atom is 0.123 e. The van der Waals surface area contributed by atoms with Gasteiger partial charge in [0.1, 0.15) is 11.5 Å². The maximum atomic E-state index is 13.2. The van der Waals surface area contributed by atoms with Crippen molar-refractivity contribution in [3.05, 3.63) is 54.6 Å². The molecule has 24 heavy (non-hydrogen) atoms. The summed E-state index contributed by atoms with van der Waals surface area (Å²) in [7, 11) is 0. The molecule has 0 spiro atoms. The number of halogens is 1. The molecule has 1 aromatic carbocycles. The van der Waals surface area contributed by atoms with E-state index >= 15 is 0 Å². The van der Waals surface area contributed by atoms with Crippen LogP contribution in [0.15, 0.2) is 48.8 Å². The van der Waals surface area contributed by atoms with E-state index < -0.39 is 0 Å². The van der Waals surface area contributed by atoms with Crippen LogP contribution >= 0.6 is 0 Å². The van der Waals surface area contributed by atoms with Crippen molar-refractivity contribution in [2.45, 2.75) is 19.9 Å². The Morgan fingerprint density at radius 3 is 2.29 bits per heavy atom. The fourth-order valence-electron chi connectivity index (χ4n) is 2.68. The number of hydrogen-bond donors (Lipinski definition) is 1. The van der Waals surface area contributed by atoms with Crippen molar-refractivity contribution in [3.8, 4) is 22.5 Å². The molecular formula is C18H19FN4O. The lowest BCUT2D eigenvalue weighted by atomic mass is 10.0. The number of aromatic nitrogens is 4. The van der Waals surface area contributed by atoms with Crippen molar-refractivity contribution in [2.75, 3.05) is 6.61 Å². The standard InChI is InChI=1S/C18H19FN4O/c1-12(2)16(11-24)23-18(14-7-9-20-10-8-14)17(21-22-23)13-3-5-15(19)6-4-13/h3-10,12,16,24H,11H2,1-2H3/t16-/m1/s1. The fraction of sp³-hybridized carbons (Fsp3) is 0.278. The summed E-state index contributed by atoms with van der Waals surface area (Å²) in [5.74, 6) is -0.120. The van der Waals surface area contributed by atoms with E-state index in [4.69, 9.17) is 0 Å². The second kappa shape index (κ2) is 6.88. The molecule has 6 heteroatoms. The van der Waals surface area contributed by atoms with Gasteiger partial charge in [0.2, 0.25) is 0 Å². The molecule has 0 aliphatic rings. The largest absolute Gasteiger partial charge is 0.394 e. The number of pyridine rings is 1. The molecule has 0 amide bonds. The first-order valence-electron chi connectivity index (χ1n) is 7.84. The molecule has 1 atom stereocenters. The predicted octanol–water partition coefficient (Wildman–Crippen LogP) is 3.34. The predicted molar refractivity (Wildman–Crippen MR) is 89.6 cm³/mol. The topological polar surface area (TPSA) is 63.8 Å². The van der Waals surface area contributed by atoms with Gasteiger partial charge in [-0.2, -0.15) is 0 Å². The van der Waals surface area contributed by atoms with Crippen LogP contribution in [-0.2, 0) is 0 Å². The summed E-state index contributed by atoms with van der Waals surface area (Å²) in [6, 6.07) is 9.70. The van der Waals surface area contributed by atoms with Crippen molar-refractivity contribution < 1.29 is 9.50 Å². The zero-order valence-electron chi connectivity index (χ0n) is 13.6. The van der Waals surface area contributed by atoms with Gasteiger partial charge >= 0.3 is 0 Å². The van der Waals surface area contributed by atoms with Crippen LogP contribution in [0.3, 0.4) is 0 Å². The van der Waals surface area contributed by atoms with Gasteiger partial charge in [0, 0.05) is 23.5 Å². The molecule has 3 aromatic rings. The molecule has 2 aromatic heterocycles. The lowest BCUT2D eigenvalue weighted by Crippen LogP contribution is -2.21. The lowest BCUT2D eigenvalue weighted by molar-refractivity contribution is 0.182. The molecule has 0 fully saturated rings. The summed E-state index contributed by atoms with van der Waals surface area (Å²) >= 11 is 0. The van der Waals surface area contributed by atoms with E-state index in [1.807, 2.05) is 26.0 Å². The number of hydrogen-bond acceptors (Lipinski definition) is 4. The van der Waals surface area contributed by atoms with E-state index in [9.17, 15) is 9.50 Å². The van der Waals surface area contributed by atoms with Crippen LogP contribution in [-0.4, -0.2) is 31.7 Å². The van der Waals surface area contributed by atoms with Gasteiger partial charge in [-0.15, -0.1) is 5.10 Å². The summed E-state index contributed by atoms with van der Waals surface area (Å²) < 4.78 is 15.0. The number of nitrogens with zero attached hydrogens (tertiary/aromatic N) is 4. The minimum absolute atomic E-state index is 0.0397. The van der Waals surface area contributed by atoms with E-state index in [0.717, 1.165) is 16.8 Å². The molecule has 124 valence electrons. The molecule has 5 nitrogen and oxygen atoms in total. The minimum atomic E-state index is -0.299. The monoisotopic (exact) mass is 326 g/mol. The van der Waals surface area contributed by atoms with Gasteiger partial charge in [-0.25, -0.2) is 9.07 Å². The van der Waals surface area contributed by atoms with Crippen LogP contribution in [0, 0.1) is 11.7 Å². The van der Waals surface area contributed by atoms with Gasteiger partial charge < -0.3 is 5.11 Å². The first kappa shape index (κ1) is 16.3. The number of benzene rings is 1. The Balaban J connectivity index is 2.20. The van der Waals surface area contributed by atoms with E-state index in [0.29, 0.717) is 5.69 Å². The van der Waals surface area contributed by atoms with Gasteiger partial charge in [0.05, 0.1) is 18.3 Å². The van der Waals surface area contributed by atoms with Crippen molar-refractivity contribution in [2.24, 2.45) is 5.92 Å². The van der Waals surface area contributed by atoms with Gasteiger partial charge in [-0.05, 0) is 42.3 Å². The lowest BCUT2D eigenvalue weighted by Gasteiger charge is -2.21. The molecule has 0 unspecified atom stereocenters. The highest BCUT2D eigenvalue weighted by Gasteiger charge is 2.24. The van der Waals surface area contributed by atoms with Gasteiger partial charge in [0.15, 0.2) is 0 Å². The zero-order chi connectivity index (χ0) is 17.1. The summed E-state index contributed by atoms with van der Waals surface area (Å²) in [5, 5.41) is 18.4. The van der Waals surface area contributed by atoms with Gasteiger partial charge in [0.25, 0.3) is 0 Å². The third-order valence-electron chi connectivity index (χ3n) is 4.04. The fourth-order valence-corrected chi connectivity index (χ4v) is 2.68. The summed E-state index contributed by atoms with van der Waals surface area (Å²) in [6.07, 6.45) is 3.40. The smallest absolute Gasteiger partial charge is 0.123 e. The average Bonchev–Trinajstić information content (AvgIpc) is 3.01. The number of aliphatic hydroxyl groups excluding tert-OH is 1. The van der Waals surface area contributed by atoms with Gasteiger partial charge in [-0.1, -0.05) is 19.1 Å². The van der Waals surface area contributed by atoms with E-state index in [2.05, 4.69) is 15.3 Å². The average molecular weight is 326 g/mol. The SMILES string of the molecule is CC(C)[C@@H](CO)n1nnc(-c2ccc(F)cc2)c1-c1ccncc1. The Morgan fingerprint density at radius 2 is 1.71 bits per heavy atom. The quantitative estimate of drug-likeness (QED) is 0.781. The van der Waals surface area contributed by atoms with Gasteiger partial charge in [-0.3, -0.25) is 4.98 Å². The molecule has 0 saturated heterocycles. The van der Waals surface area contributed by atoms with E-state index in [1.165, 1.54) is 12.1 Å². The Labute approximate surface area is 139 Å². The molecule has 1 N–H and O–H groups in total. The first-order valence-corrected chi connectivity index (χ1v) is 7.84. The van der Waals surface area contributed by atoms with Crippen molar-refractivity contribution in [3.63, 3.8) is 0 Å². The summed E-state index contributed by atoms with van der Waals surface area (Å²) in [6.45, 7) is 4.01. The van der Waals surface area contributed by atoms with E-state index in [1.54, 1.807) is 29.2 Å². The van der Waals surface area contributed by atoms with Crippen LogP contribution in [0.1, 0.15) is 19.9 Å². The van der Waals surface area contributed by atoms with Crippen molar-refractivity contribution >= 4 is 0 Å². The van der Waals surface area contributed by atoms with Crippen molar-refractivity contribution in [1.82, 2.24) is 20.0 Å². The summed E-state index contributed by atoms with van der Waals surface area (Å²) in [4.78, 5) is 4.05.